The first-order chi connectivity index (χ1) is 14.1. The molecular formula is C26H40N2O. The van der Waals surface area contributed by atoms with E-state index in [0.29, 0.717) is 12.1 Å². The molecule has 3 nitrogen and oxygen atoms in total. The first-order valence-electron chi connectivity index (χ1n) is 11.5. The SMILES string of the molecule is CCCCCC(C)Nc1cccc(Oc2ccccc2)c1NC(C)CCCCC. The zero-order valence-electron chi connectivity index (χ0n) is 18.8. The molecule has 2 unspecified atom stereocenters. The number of anilines is 2. The summed E-state index contributed by atoms with van der Waals surface area (Å²) in [7, 11) is 0. The van der Waals surface area contributed by atoms with Crippen LogP contribution in [0, 0.1) is 0 Å². The van der Waals surface area contributed by atoms with Gasteiger partial charge in [0.25, 0.3) is 0 Å². The second-order valence-corrected chi connectivity index (χ2v) is 8.18. The molecule has 0 radical (unpaired) electrons. The maximum Gasteiger partial charge on any atom is 0.152 e. The Bertz CT molecular complexity index is 686. The fourth-order valence-corrected chi connectivity index (χ4v) is 3.56. The number of para-hydroxylation sites is 2. The van der Waals surface area contributed by atoms with Gasteiger partial charge in [0.05, 0.1) is 5.69 Å². The fourth-order valence-electron chi connectivity index (χ4n) is 3.56. The van der Waals surface area contributed by atoms with Crippen LogP contribution in [0.25, 0.3) is 0 Å². The zero-order valence-corrected chi connectivity index (χ0v) is 18.8. The number of hydrogen-bond donors (Lipinski definition) is 2. The summed E-state index contributed by atoms with van der Waals surface area (Å²) in [5.41, 5.74) is 2.20. The van der Waals surface area contributed by atoms with Crippen molar-refractivity contribution >= 4 is 11.4 Å². The summed E-state index contributed by atoms with van der Waals surface area (Å²) in [4.78, 5) is 0. The highest BCUT2D eigenvalue weighted by atomic mass is 16.5. The van der Waals surface area contributed by atoms with Crippen LogP contribution in [-0.2, 0) is 0 Å². The Morgan fingerprint density at radius 1 is 0.724 bits per heavy atom. The molecular weight excluding hydrogens is 356 g/mol. The first kappa shape index (κ1) is 23.1. The molecule has 0 aromatic heterocycles. The lowest BCUT2D eigenvalue weighted by Crippen LogP contribution is -2.20. The zero-order chi connectivity index (χ0) is 20.9. The van der Waals surface area contributed by atoms with Gasteiger partial charge in [0.1, 0.15) is 11.4 Å². The fraction of sp³-hybridized carbons (Fsp3) is 0.538. The molecule has 160 valence electrons. The van der Waals surface area contributed by atoms with E-state index in [4.69, 9.17) is 4.74 Å². The Hall–Kier alpha value is -2.16. The summed E-state index contributed by atoms with van der Waals surface area (Å²) < 4.78 is 6.25. The monoisotopic (exact) mass is 396 g/mol. The third kappa shape index (κ3) is 8.39. The molecule has 0 saturated heterocycles. The number of rotatable bonds is 14. The van der Waals surface area contributed by atoms with Crippen molar-refractivity contribution in [1.29, 1.82) is 0 Å². The summed E-state index contributed by atoms with van der Waals surface area (Å²) in [5.74, 6) is 1.74. The van der Waals surface area contributed by atoms with Crippen molar-refractivity contribution < 1.29 is 4.74 Å². The van der Waals surface area contributed by atoms with Crippen LogP contribution in [0.1, 0.15) is 79.1 Å². The topological polar surface area (TPSA) is 33.3 Å². The molecule has 0 fully saturated rings. The van der Waals surface area contributed by atoms with Gasteiger partial charge in [-0.3, -0.25) is 0 Å². The van der Waals surface area contributed by atoms with Crippen LogP contribution in [0.2, 0.25) is 0 Å². The molecule has 29 heavy (non-hydrogen) atoms. The molecule has 0 amide bonds. The van der Waals surface area contributed by atoms with E-state index in [-0.39, 0.29) is 0 Å². The number of hydrogen-bond acceptors (Lipinski definition) is 3. The van der Waals surface area contributed by atoms with Gasteiger partial charge in [-0.05, 0) is 51.0 Å². The highest BCUT2D eigenvalue weighted by molar-refractivity contribution is 5.76. The second kappa shape index (κ2) is 13.1. The van der Waals surface area contributed by atoms with E-state index in [2.05, 4.69) is 56.5 Å². The molecule has 0 aliphatic rings. The quantitative estimate of drug-likeness (QED) is 0.315. The standard InChI is InChI=1S/C26H40N2O/c1-5-7-10-15-21(3)27-24-19-14-20-25(29-23-17-12-9-13-18-23)26(24)28-22(4)16-11-8-6-2/h9,12-14,17-22,27-28H,5-8,10-11,15-16H2,1-4H3. The maximum absolute atomic E-state index is 6.25. The summed E-state index contributed by atoms with van der Waals surface area (Å²) in [6.45, 7) is 9.05. The van der Waals surface area contributed by atoms with Gasteiger partial charge in [0, 0.05) is 12.1 Å². The molecule has 2 atom stereocenters. The van der Waals surface area contributed by atoms with Gasteiger partial charge in [-0.15, -0.1) is 0 Å². The maximum atomic E-state index is 6.25. The van der Waals surface area contributed by atoms with Gasteiger partial charge in [-0.25, -0.2) is 0 Å². The van der Waals surface area contributed by atoms with Crippen molar-refractivity contribution in [2.24, 2.45) is 0 Å². The Labute approximate surface area is 178 Å². The predicted octanol–water partition coefficient (Wildman–Crippen LogP) is 8.24. The van der Waals surface area contributed by atoms with Gasteiger partial charge in [0.15, 0.2) is 5.75 Å². The normalized spacial score (nSPS) is 13.0. The largest absolute Gasteiger partial charge is 0.455 e. The minimum Gasteiger partial charge on any atom is -0.455 e. The smallest absolute Gasteiger partial charge is 0.152 e. The first-order valence-corrected chi connectivity index (χ1v) is 11.5. The van der Waals surface area contributed by atoms with E-state index >= 15 is 0 Å². The van der Waals surface area contributed by atoms with Crippen LogP contribution in [0.4, 0.5) is 11.4 Å². The number of unbranched alkanes of at least 4 members (excludes halogenated alkanes) is 4. The molecule has 2 rings (SSSR count). The molecule has 0 heterocycles. The molecule has 2 aromatic carbocycles. The lowest BCUT2D eigenvalue weighted by atomic mass is 10.1. The van der Waals surface area contributed by atoms with Crippen molar-refractivity contribution in [2.75, 3.05) is 10.6 Å². The average Bonchev–Trinajstić information content (AvgIpc) is 2.71. The van der Waals surface area contributed by atoms with Crippen LogP contribution < -0.4 is 15.4 Å². The van der Waals surface area contributed by atoms with E-state index in [0.717, 1.165) is 22.9 Å². The van der Waals surface area contributed by atoms with Crippen molar-refractivity contribution in [3.63, 3.8) is 0 Å². The molecule has 0 aliphatic carbocycles. The minimum absolute atomic E-state index is 0.401. The van der Waals surface area contributed by atoms with Gasteiger partial charge in [-0.2, -0.15) is 0 Å². The molecule has 2 aromatic rings. The molecule has 2 N–H and O–H groups in total. The Morgan fingerprint density at radius 2 is 1.34 bits per heavy atom. The van der Waals surface area contributed by atoms with Crippen molar-refractivity contribution in [1.82, 2.24) is 0 Å². The summed E-state index contributed by atoms with van der Waals surface area (Å²) in [6, 6.07) is 17.2. The average molecular weight is 397 g/mol. The third-order valence-corrected chi connectivity index (χ3v) is 5.27. The van der Waals surface area contributed by atoms with Crippen molar-refractivity contribution in [2.45, 2.75) is 91.1 Å². The molecule has 3 heteroatoms. The van der Waals surface area contributed by atoms with Crippen LogP contribution in [-0.4, -0.2) is 12.1 Å². The Morgan fingerprint density at radius 3 is 1.97 bits per heavy atom. The lowest BCUT2D eigenvalue weighted by Gasteiger charge is -2.24. The summed E-state index contributed by atoms with van der Waals surface area (Å²) in [5, 5.41) is 7.47. The van der Waals surface area contributed by atoms with Gasteiger partial charge >= 0.3 is 0 Å². The second-order valence-electron chi connectivity index (χ2n) is 8.18. The van der Waals surface area contributed by atoms with Crippen molar-refractivity contribution in [3.8, 4) is 11.5 Å². The summed E-state index contributed by atoms with van der Waals surface area (Å²) in [6.07, 6.45) is 9.96. The van der Waals surface area contributed by atoms with E-state index in [9.17, 15) is 0 Å². The molecule has 0 bridgehead atoms. The minimum atomic E-state index is 0.401. The highest BCUT2D eigenvalue weighted by Crippen LogP contribution is 2.37. The predicted molar refractivity (Wildman–Crippen MR) is 127 cm³/mol. The Kier molecular flexibility index (Phi) is 10.5. The van der Waals surface area contributed by atoms with E-state index in [1.807, 2.05) is 30.3 Å². The van der Waals surface area contributed by atoms with Crippen LogP contribution >= 0.6 is 0 Å². The van der Waals surface area contributed by atoms with Gasteiger partial charge < -0.3 is 15.4 Å². The van der Waals surface area contributed by atoms with Crippen LogP contribution in [0.15, 0.2) is 48.5 Å². The molecule has 0 spiro atoms. The lowest BCUT2D eigenvalue weighted by molar-refractivity contribution is 0.483. The summed E-state index contributed by atoms with van der Waals surface area (Å²) >= 11 is 0. The van der Waals surface area contributed by atoms with Crippen LogP contribution in [0.5, 0.6) is 11.5 Å². The number of nitrogens with one attached hydrogen (secondary N) is 2. The number of ether oxygens (including phenoxy) is 1. The Balaban J connectivity index is 2.17. The van der Waals surface area contributed by atoms with Gasteiger partial charge in [-0.1, -0.05) is 76.6 Å². The molecule has 0 aliphatic heterocycles. The molecule has 0 saturated carbocycles. The van der Waals surface area contributed by atoms with Crippen molar-refractivity contribution in [3.05, 3.63) is 48.5 Å². The van der Waals surface area contributed by atoms with E-state index in [1.165, 1.54) is 51.4 Å². The van der Waals surface area contributed by atoms with E-state index < -0.39 is 0 Å². The van der Waals surface area contributed by atoms with Gasteiger partial charge in [0.2, 0.25) is 0 Å². The third-order valence-electron chi connectivity index (χ3n) is 5.27. The van der Waals surface area contributed by atoms with Crippen LogP contribution in [0.3, 0.4) is 0 Å². The highest BCUT2D eigenvalue weighted by Gasteiger charge is 2.15. The number of benzene rings is 2. The van der Waals surface area contributed by atoms with E-state index in [1.54, 1.807) is 0 Å².